The summed E-state index contributed by atoms with van der Waals surface area (Å²) >= 11 is 0. The summed E-state index contributed by atoms with van der Waals surface area (Å²) in [6.07, 6.45) is 0. The second kappa shape index (κ2) is 10.1. The van der Waals surface area contributed by atoms with Crippen molar-refractivity contribution in [1.29, 1.82) is 0 Å². The second-order valence-electron chi connectivity index (χ2n) is 11.9. The van der Waals surface area contributed by atoms with Crippen LogP contribution in [0.1, 0.15) is 5.56 Å². The number of nitrogens with zero attached hydrogens (tertiary/aromatic N) is 2. The van der Waals surface area contributed by atoms with Crippen molar-refractivity contribution in [3.63, 3.8) is 0 Å². The third-order valence-corrected chi connectivity index (χ3v) is 9.13. The maximum absolute atomic E-state index is 2.47. The maximum atomic E-state index is 2.47. The molecule has 0 unspecified atom stereocenters. The predicted octanol–water partition coefficient (Wildman–Crippen LogP) is 11.5. The first-order valence-corrected chi connectivity index (χ1v) is 15.5. The standard InChI is InChI=1S/C43H30N2/c1-29-12-9-13-30(26-29)31-14-10-15-32(27-31)33-16-11-19-35(28-33)45-41-23-8-6-21-37(41)39-25-24-38-36-20-5-7-22-40(36)44(42(38)43(39)45)34-17-3-2-4-18-34/h2-28H,1H3. The zero-order valence-electron chi connectivity index (χ0n) is 25.0. The van der Waals surface area contributed by atoms with E-state index in [1.165, 1.54) is 71.4 Å². The Balaban J connectivity index is 1.35. The molecule has 9 aromatic rings. The van der Waals surface area contributed by atoms with Crippen LogP contribution in [0.5, 0.6) is 0 Å². The highest BCUT2D eigenvalue weighted by Crippen LogP contribution is 2.42. The van der Waals surface area contributed by atoms with Gasteiger partial charge in [0.2, 0.25) is 0 Å². The smallest absolute Gasteiger partial charge is 0.0788 e. The minimum atomic E-state index is 1.15. The molecule has 2 heteroatoms. The van der Waals surface area contributed by atoms with Crippen LogP contribution in [-0.4, -0.2) is 9.13 Å². The Morgan fingerprint density at radius 2 is 0.800 bits per heavy atom. The molecule has 0 N–H and O–H groups in total. The molecule has 2 nitrogen and oxygen atoms in total. The molecule has 0 amide bonds. The molecule has 0 saturated heterocycles. The fourth-order valence-corrected chi connectivity index (χ4v) is 7.14. The summed E-state index contributed by atoms with van der Waals surface area (Å²) in [7, 11) is 0. The SMILES string of the molecule is Cc1cccc(-c2cccc(-c3cccc(-n4c5ccccc5c5ccc6c7ccccc7n(-c7ccccc7)c6c54)c3)c2)c1. The second-order valence-corrected chi connectivity index (χ2v) is 11.9. The number of aromatic nitrogens is 2. The van der Waals surface area contributed by atoms with Crippen LogP contribution in [0.4, 0.5) is 0 Å². The lowest BCUT2D eigenvalue weighted by atomic mass is 9.98. The van der Waals surface area contributed by atoms with Crippen molar-refractivity contribution in [3.05, 3.63) is 169 Å². The minimum Gasteiger partial charge on any atom is -0.307 e. The van der Waals surface area contributed by atoms with Gasteiger partial charge in [0.25, 0.3) is 0 Å². The summed E-state index contributed by atoms with van der Waals surface area (Å²) in [6.45, 7) is 2.15. The molecule has 212 valence electrons. The maximum Gasteiger partial charge on any atom is 0.0788 e. The fourth-order valence-electron chi connectivity index (χ4n) is 7.14. The van der Waals surface area contributed by atoms with Gasteiger partial charge >= 0.3 is 0 Å². The molecule has 0 saturated carbocycles. The van der Waals surface area contributed by atoms with Crippen LogP contribution in [0.25, 0.3) is 77.2 Å². The Morgan fingerprint density at radius 1 is 0.333 bits per heavy atom. The summed E-state index contributed by atoms with van der Waals surface area (Å²) in [5.74, 6) is 0. The number of aryl methyl sites for hydroxylation is 1. The highest BCUT2D eigenvalue weighted by Gasteiger charge is 2.21. The van der Waals surface area contributed by atoms with E-state index in [1.807, 2.05) is 0 Å². The number of fused-ring (bicyclic) bond motifs is 7. The molecule has 0 spiro atoms. The van der Waals surface area contributed by atoms with Crippen LogP contribution in [0.3, 0.4) is 0 Å². The van der Waals surface area contributed by atoms with Gasteiger partial charge in [-0.05, 0) is 71.6 Å². The fraction of sp³-hybridized carbons (Fsp3) is 0.0233. The highest BCUT2D eigenvalue weighted by molar-refractivity contribution is 6.23. The largest absolute Gasteiger partial charge is 0.307 e. The van der Waals surface area contributed by atoms with Gasteiger partial charge in [0.1, 0.15) is 0 Å². The molecule has 0 fully saturated rings. The van der Waals surface area contributed by atoms with Crippen molar-refractivity contribution in [3.8, 4) is 33.6 Å². The average Bonchev–Trinajstić information content (AvgIpc) is 3.62. The van der Waals surface area contributed by atoms with Crippen molar-refractivity contribution in [1.82, 2.24) is 9.13 Å². The molecule has 0 atom stereocenters. The van der Waals surface area contributed by atoms with Crippen molar-refractivity contribution in [2.75, 3.05) is 0 Å². The number of rotatable bonds is 4. The third-order valence-electron chi connectivity index (χ3n) is 9.13. The lowest BCUT2D eigenvalue weighted by molar-refractivity contribution is 1.15. The molecule has 7 aromatic carbocycles. The lowest BCUT2D eigenvalue weighted by Gasteiger charge is -2.14. The van der Waals surface area contributed by atoms with Gasteiger partial charge in [0.05, 0.1) is 22.1 Å². The average molecular weight is 575 g/mol. The Hall–Kier alpha value is -5.86. The first kappa shape index (κ1) is 25.6. The van der Waals surface area contributed by atoms with E-state index in [4.69, 9.17) is 0 Å². The van der Waals surface area contributed by atoms with Crippen LogP contribution < -0.4 is 0 Å². The number of hydrogen-bond donors (Lipinski definition) is 0. The molecular formula is C43H30N2. The van der Waals surface area contributed by atoms with E-state index in [9.17, 15) is 0 Å². The summed E-state index contributed by atoms with van der Waals surface area (Å²) in [5.41, 5.74) is 13.3. The van der Waals surface area contributed by atoms with Crippen molar-refractivity contribution < 1.29 is 0 Å². The Kier molecular flexibility index (Phi) is 5.76. The van der Waals surface area contributed by atoms with E-state index in [2.05, 4.69) is 180 Å². The Bertz CT molecular complexity index is 2550. The lowest BCUT2D eigenvalue weighted by Crippen LogP contribution is -1.98. The molecular weight excluding hydrogens is 544 g/mol. The molecule has 0 aliphatic rings. The summed E-state index contributed by atoms with van der Waals surface area (Å²) in [5, 5.41) is 5.03. The van der Waals surface area contributed by atoms with Gasteiger partial charge in [-0.15, -0.1) is 0 Å². The molecule has 0 aliphatic carbocycles. The summed E-state index contributed by atoms with van der Waals surface area (Å²) in [6, 6.07) is 59.6. The quantitative estimate of drug-likeness (QED) is 0.198. The topological polar surface area (TPSA) is 9.86 Å². The van der Waals surface area contributed by atoms with Gasteiger partial charge < -0.3 is 9.13 Å². The molecule has 0 aliphatic heterocycles. The number of para-hydroxylation sites is 3. The van der Waals surface area contributed by atoms with Gasteiger partial charge in [-0.3, -0.25) is 0 Å². The zero-order valence-corrected chi connectivity index (χ0v) is 25.0. The van der Waals surface area contributed by atoms with Crippen molar-refractivity contribution in [2.24, 2.45) is 0 Å². The van der Waals surface area contributed by atoms with Gasteiger partial charge in [-0.2, -0.15) is 0 Å². The van der Waals surface area contributed by atoms with Crippen LogP contribution in [-0.2, 0) is 0 Å². The van der Waals surface area contributed by atoms with E-state index in [0.717, 1.165) is 11.4 Å². The van der Waals surface area contributed by atoms with E-state index in [1.54, 1.807) is 0 Å². The molecule has 9 rings (SSSR count). The van der Waals surface area contributed by atoms with Gasteiger partial charge in [0, 0.05) is 32.9 Å². The molecule has 2 aromatic heterocycles. The van der Waals surface area contributed by atoms with Crippen LogP contribution >= 0.6 is 0 Å². The van der Waals surface area contributed by atoms with Gasteiger partial charge in [-0.25, -0.2) is 0 Å². The van der Waals surface area contributed by atoms with E-state index >= 15 is 0 Å². The summed E-state index contributed by atoms with van der Waals surface area (Å²) in [4.78, 5) is 0. The van der Waals surface area contributed by atoms with Crippen LogP contribution in [0, 0.1) is 6.92 Å². The third kappa shape index (κ3) is 4.03. The number of hydrogen-bond acceptors (Lipinski definition) is 0. The highest BCUT2D eigenvalue weighted by atomic mass is 15.0. The molecule has 45 heavy (non-hydrogen) atoms. The summed E-state index contributed by atoms with van der Waals surface area (Å²) < 4.78 is 4.91. The first-order valence-electron chi connectivity index (χ1n) is 15.5. The van der Waals surface area contributed by atoms with Crippen LogP contribution in [0.15, 0.2) is 164 Å². The molecule has 2 heterocycles. The van der Waals surface area contributed by atoms with Crippen molar-refractivity contribution in [2.45, 2.75) is 6.92 Å². The molecule has 0 radical (unpaired) electrons. The molecule has 0 bridgehead atoms. The Labute approximate surface area is 262 Å². The monoisotopic (exact) mass is 574 g/mol. The van der Waals surface area contributed by atoms with Gasteiger partial charge in [-0.1, -0.05) is 127 Å². The first-order chi connectivity index (χ1) is 22.2. The van der Waals surface area contributed by atoms with E-state index in [-0.39, 0.29) is 0 Å². The number of benzene rings is 7. The normalized spacial score (nSPS) is 11.7. The van der Waals surface area contributed by atoms with Crippen molar-refractivity contribution >= 4 is 43.6 Å². The zero-order chi connectivity index (χ0) is 29.9. The Morgan fingerprint density at radius 3 is 1.42 bits per heavy atom. The van der Waals surface area contributed by atoms with E-state index in [0.29, 0.717) is 0 Å². The van der Waals surface area contributed by atoms with E-state index < -0.39 is 0 Å². The van der Waals surface area contributed by atoms with Crippen LogP contribution in [0.2, 0.25) is 0 Å². The van der Waals surface area contributed by atoms with Gasteiger partial charge in [0.15, 0.2) is 0 Å². The predicted molar refractivity (Wildman–Crippen MR) is 191 cm³/mol. The minimum absolute atomic E-state index is 1.15.